The van der Waals surface area contributed by atoms with Crippen LogP contribution in [0.2, 0.25) is 0 Å². The number of ketones is 1. The molecule has 0 aliphatic carbocycles. The van der Waals surface area contributed by atoms with Crippen molar-refractivity contribution in [3.63, 3.8) is 0 Å². The van der Waals surface area contributed by atoms with Crippen molar-refractivity contribution in [1.82, 2.24) is 0 Å². The highest BCUT2D eigenvalue weighted by atomic mass is 16.6. The van der Waals surface area contributed by atoms with Crippen molar-refractivity contribution in [3.8, 4) is 11.5 Å². The predicted octanol–water partition coefficient (Wildman–Crippen LogP) is 1.21. The molecule has 1 aliphatic heterocycles. The topological polar surface area (TPSA) is 97.1 Å². The van der Waals surface area contributed by atoms with Crippen molar-refractivity contribution in [2.24, 2.45) is 5.73 Å². The highest BCUT2D eigenvalue weighted by Crippen LogP contribution is 2.40. The maximum Gasteiger partial charge on any atom is 0.308 e. The summed E-state index contributed by atoms with van der Waals surface area (Å²) in [4.78, 5) is 23.6. The Morgan fingerprint density at radius 3 is 2.41 bits per heavy atom. The largest absolute Gasteiger partial charge is 0.493 e. The standard InChI is InChI=1S/C15H17NO6/c1-8(17)21-12-13(18)15(2,22-14(12)16)9-5-6-10(19-3)11(7-9)20-4/h5-7H,16H2,1-4H3. The molecular weight excluding hydrogens is 290 g/mol. The van der Waals surface area contributed by atoms with Gasteiger partial charge in [-0.25, -0.2) is 0 Å². The van der Waals surface area contributed by atoms with Gasteiger partial charge in [0.05, 0.1) is 14.2 Å². The molecule has 118 valence electrons. The number of rotatable bonds is 4. The van der Waals surface area contributed by atoms with E-state index in [4.69, 9.17) is 24.7 Å². The Hall–Kier alpha value is -2.70. The lowest BCUT2D eigenvalue weighted by molar-refractivity contribution is -0.142. The summed E-state index contributed by atoms with van der Waals surface area (Å²) >= 11 is 0. The number of carbonyl (C=O) groups excluding carboxylic acids is 2. The molecule has 0 fully saturated rings. The summed E-state index contributed by atoms with van der Waals surface area (Å²) in [5.74, 6) is -0.736. The van der Waals surface area contributed by atoms with Gasteiger partial charge in [-0.05, 0) is 19.1 Å². The van der Waals surface area contributed by atoms with Gasteiger partial charge in [-0.3, -0.25) is 9.59 Å². The third-order valence-corrected chi connectivity index (χ3v) is 3.36. The molecule has 0 amide bonds. The highest BCUT2D eigenvalue weighted by Gasteiger charge is 2.49. The van der Waals surface area contributed by atoms with Crippen molar-refractivity contribution in [3.05, 3.63) is 35.4 Å². The number of benzene rings is 1. The molecule has 22 heavy (non-hydrogen) atoms. The zero-order valence-electron chi connectivity index (χ0n) is 12.8. The number of hydrogen-bond donors (Lipinski definition) is 1. The van der Waals surface area contributed by atoms with Crippen molar-refractivity contribution in [2.45, 2.75) is 19.4 Å². The molecule has 0 saturated heterocycles. The first-order chi connectivity index (χ1) is 10.3. The van der Waals surface area contributed by atoms with Gasteiger partial charge in [-0.1, -0.05) is 6.07 Å². The molecule has 7 heteroatoms. The Morgan fingerprint density at radius 1 is 1.23 bits per heavy atom. The van der Waals surface area contributed by atoms with Crippen LogP contribution in [0.15, 0.2) is 29.8 Å². The van der Waals surface area contributed by atoms with Crippen LogP contribution >= 0.6 is 0 Å². The van der Waals surface area contributed by atoms with Crippen LogP contribution in [0.4, 0.5) is 0 Å². The number of nitrogens with two attached hydrogens (primary N) is 1. The first kappa shape index (κ1) is 15.7. The van der Waals surface area contributed by atoms with E-state index in [9.17, 15) is 9.59 Å². The third-order valence-electron chi connectivity index (χ3n) is 3.36. The second kappa shape index (κ2) is 5.59. The summed E-state index contributed by atoms with van der Waals surface area (Å²) < 4.78 is 20.7. The van der Waals surface area contributed by atoms with Crippen LogP contribution in [0, 0.1) is 0 Å². The number of ether oxygens (including phenoxy) is 4. The zero-order valence-corrected chi connectivity index (χ0v) is 12.8. The molecule has 1 aromatic rings. The van der Waals surface area contributed by atoms with Gasteiger partial charge in [-0.15, -0.1) is 0 Å². The van der Waals surface area contributed by atoms with Crippen LogP contribution in [0.1, 0.15) is 19.4 Å². The van der Waals surface area contributed by atoms with Crippen molar-refractivity contribution >= 4 is 11.8 Å². The van der Waals surface area contributed by atoms with E-state index in [1.807, 2.05) is 0 Å². The fourth-order valence-corrected chi connectivity index (χ4v) is 2.20. The van der Waals surface area contributed by atoms with E-state index in [0.29, 0.717) is 17.1 Å². The molecule has 0 aromatic heterocycles. The second-order valence-corrected chi connectivity index (χ2v) is 4.82. The van der Waals surface area contributed by atoms with Crippen LogP contribution in [0.3, 0.4) is 0 Å². The molecule has 2 N–H and O–H groups in total. The van der Waals surface area contributed by atoms with E-state index < -0.39 is 17.4 Å². The van der Waals surface area contributed by atoms with Crippen molar-refractivity contribution < 1.29 is 28.5 Å². The Kier molecular flexibility index (Phi) is 3.99. The fourth-order valence-electron chi connectivity index (χ4n) is 2.20. The smallest absolute Gasteiger partial charge is 0.308 e. The van der Waals surface area contributed by atoms with Gasteiger partial charge in [0.1, 0.15) is 0 Å². The molecule has 0 radical (unpaired) electrons. The molecule has 7 nitrogen and oxygen atoms in total. The highest BCUT2D eigenvalue weighted by molar-refractivity contribution is 6.04. The number of Topliss-reactive ketones (excluding diaryl/α,β-unsaturated/α-hetero) is 1. The molecule has 0 bridgehead atoms. The molecule has 1 unspecified atom stereocenters. The Bertz CT molecular complexity index is 666. The van der Waals surface area contributed by atoms with E-state index in [1.165, 1.54) is 21.1 Å². The van der Waals surface area contributed by atoms with Crippen molar-refractivity contribution in [1.29, 1.82) is 0 Å². The van der Waals surface area contributed by atoms with E-state index in [1.54, 1.807) is 25.1 Å². The van der Waals surface area contributed by atoms with E-state index in [2.05, 4.69) is 0 Å². The molecule has 0 saturated carbocycles. The van der Waals surface area contributed by atoms with Gasteiger partial charge in [0, 0.05) is 12.5 Å². The number of hydrogen-bond acceptors (Lipinski definition) is 7. The van der Waals surface area contributed by atoms with Crippen LogP contribution in [-0.2, 0) is 24.7 Å². The van der Waals surface area contributed by atoms with Gasteiger partial charge >= 0.3 is 5.97 Å². The maximum absolute atomic E-state index is 12.5. The normalized spacial score (nSPS) is 20.6. The molecular formula is C15H17NO6. The first-order valence-electron chi connectivity index (χ1n) is 6.48. The Balaban J connectivity index is 2.41. The van der Waals surface area contributed by atoms with Crippen LogP contribution in [0.5, 0.6) is 11.5 Å². The first-order valence-corrected chi connectivity index (χ1v) is 6.48. The summed E-state index contributed by atoms with van der Waals surface area (Å²) in [6.45, 7) is 2.72. The summed E-state index contributed by atoms with van der Waals surface area (Å²) in [5.41, 5.74) is 4.77. The zero-order chi connectivity index (χ0) is 16.5. The monoisotopic (exact) mass is 307 g/mol. The number of carbonyl (C=O) groups is 2. The van der Waals surface area contributed by atoms with Gasteiger partial charge < -0.3 is 24.7 Å². The van der Waals surface area contributed by atoms with E-state index in [0.717, 1.165) is 0 Å². The lowest BCUT2D eigenvalue weighted by atomic mass is 9.91. The molecule has 1 heterocycles. The van der Waals surface area contributed by atoms with Gasteiger partial charge in [-0.2, -0.15) is 0 Å². The summed E-state index contributed by atoms with van der Waals surface area (Å²) in [7, 11) is 2.99. The minimum absolute atomic E-state index is 0.225. The van der Waals surface area contributed by atoms with Crippen LogP contribution in [-0.4, -0.2) is 26.0 Å². The third kappa shape index (κ3) is 2.45. The number of esters is 1. The van der Waals surface area contributed by atoms with Crippen LogP contribution < -0.4 is 15.2 Å². The summed E-state index contributed by atoms with van der Waals surface area (Å²) in [6.07, 6.45) is 0. The van der Waals surface area contributed by atoms with Crippen molar-refractivity contribution in [2.75, 3.05) is 14.2 Å². The minimum Gasteiger partial charge on any atom is -0.493 e. The fraction of sp³-hybridized carbons (Fsp3) is 0.333. The van der Waals surface area contributed by atoms with Crippen LogP contribution in [0.25, 0.3) is 0 Å². The number of methoxy groups -OCH3 is 2. The van der Waals surface area contributed by atoms with E-state index in [-0.39, 0.29) is 11.6 Å². The second-order valence-electron chi connectivity index (χ2n) is 4.82. The molecule has 2 rings (SSSR count). The molecule has 1 aliphatic rings. The Labute approximate surface area is 127 Å². The maximum atomic E-state index is 12.5. The predicted molar refractivity (Wildman–Crippen MR) is 76.0 cm³/mol. The lowest BCUT2D eigenvalue weighted by Gasteiger charge is -2.23. The quantitative estimate of drug-likeness (QED) is 0.835. The molecule has 1 atom stereocenters. The minimum atomic E-state index is -1.39. The molecule has 0 spiro atoms. The van der Waals surface area contributed by atoms with Gasteiger partial charge in [0.15, 0.2) is 17.1 Å². The molecule has 1 aromatic carbocycles. The summed E-state index contributed by atoms with van der Waals surface area (Å²) in [5, 5.41) is 0. The Morgan fingerprint density at radius 2 is 1.86 bits per heavy atom. The summed E-state index contributed by atoms with van der Waals surface area (Å²) in [6, 6.07) is 4.92. The SMILES string of the molecule is COc1ccc(C2(C)OC(N)=C(OC(C)=O)C2=O)cc1OC. The van der Waals surface area contributed by atoms with Gasteiger partial charge in [0.2, 0.25) is 11.6 Å². The van der Waals surface area contributed by atoms with Gasteiger partial charge in [0.25, 0.3) is 5.78 Å². The van der Waals surface area contributed by atoms with E-state index >= 15 is 0 Å². The lowest BCUT2D eigenvalue weighted by Crippen LogP contribution is -2.32. The average molecular weight is 307 g/mol. The average Bonchev–Trinajstić information content (AvgIpc) is 2.70.